The van der Waals surface area contributed by atoms with E-state index in [0.29, 0.717) is 29.8 Å². The van der Waals surface area contributed by atoms with E-state index < -0.39 is 0 Å². The maximum absolute atomic E-state index is 13.0. The van der Waals surface area contributed by atoms with Crippen molar-refractivity contribution in [3.63, 3.8) is 0 Å². The maximum Gasteiger partial charge on any atom is 0.217 e. The summed E-state index contributed by atoms with van der Waals surface area (Å²) < 4.78 is 0. The molecule has 0 spiro atoms. The highest BCUT2D eigenvalue weighted by Gasteiger charge is 2.29. The predicted molar refractivity (Wildman–Crippen MR) is 127 cm³/mol. The van der Waals surface area contributed by atoms with Gasteiger partial charge in [-0.05, 0) is 46.4 Å². The minimum atomic E-state index is 0.0569. The van der Waals surface area contributed by atoms with Gasteiger partial charge in [0, 0.05) is 35.9 Å². The summed E-state index contributed by atoms with van der Waals surface area (Å²) in [5.41, 5.74) is 3.91. The quantitative estimate of drug-likeness (QED) is 0.376. The largest absolute Gasteiger partial charge is 0.290 e. The number of ketones is 1. The Morgan fingerprint density at radius 2 is 1.97 bits per heavy atom. The Balaban J connectivity index is 1.27. The molecule has 2 atom stereocenters. The number of nitrogens with zero attached hydrogens (tertiary/aromatic N) is 6. The van der Waals surface area contributed by atoms with Crippen LogP contribution in [0.2, 0.25) is 0 Å². The molecule has 0 bridgehead atoms. The predicted octanol–water partition coefficient (Wildman–Crippen LogP) is 4.43. The van der Waals surface area contributed by atoms with Gasteiger partial charge in [-0.15, -0.1) is 5.10 Å². The second kappa shape index (κ2) is 10.0. The molecule has 174 valence electrons. The third kappa shape index (κ3) is 4.78. The van der Waals surface area contributed by atoms with E-state index >= 15 is 0 Å². The minimum Gasteiger partial charge on any atom is -0.290 e. The van der Waals surface area contributed by atoms with Gasteiger partial charge >= 0.3 is 0 Å². The first-order chi connectivity index (χ1) is 16.7. The number of carbonyl (C=O) groups excluding carboxylic acids is 1. The summed E-state index contributed by atoms with van der Waals surface area (Å²) >= 11 is 0. The average Bonchev–Trinajstić information content (AvgIpc) is 3.57. The molecular weight excluding hydrogens is 428 g/mol. The zero-order valence-electron chi connectivity index (χ0n) is 19.2. The van der Waals surface area contributed by atoms with Gasteiger partial charge in [-0.2, -0.15) is 5.10 Å². The van der Waals surface area contributed by atoms with Crippen LogP contribution in [-0.4, -0.2) is 46.6 Å². The van der Waals surface area contributed by atoms with Crippen LogP contribution < -0.4 is 0 Å². The van der Waals surface area contributed by atoms with Crippen LogP contribution in [0.4, 0.5) is 0 Å². The van der Waals surface area contributed by atoms with Gasteiger partial charge in [0.1, 0.15) is 5.82 Å². The van der Waals surface area contributed by atoms with Crippen molar-refractivity contribution in [3.8, 4) is 22.5 Å². The zero-order valence-corrected chi connectivity index (χ0v) is 19.2. The molecule has 34 heavy (non-hydrogen) atoms. The molecule has 1 saturated carbocycles. The van der Waals surface area contributed by atoms with Gasteiger partial charge in [-0.25, -0.2) is 10.1 Å². The highest BCUT2D eigenvalue weighted by molar-refractivity contribution is 5.94. The summed E-state index contributed by atoms with van der Waals surface area (Å²) in [4.78, 5) is 21.8. The minimum absolute atomic E-state index is 0.0569. The molecule has 1 aliphatic carbocycles. The van der Waals surface area contributed by atoms with Crippen LogP contribution in [-0.2, 0) is 6.42 Å². The van der Waals surface area contributed by atoms with Crippen molar-refractivity contribution in [2.75, 3.05) is 0 Å². The first-order valence-electron chi connectivity index (χ1n) is 11.9. The lowest BCUT2D eigenvalue weighted by atomic mass is 9.77. The fraction of sp³-hybridized carbons (Fsp3) is 0.400. The van der Waals surface area contributed by atoms with Gasteiger partial charge in [0.2, 0.25) is 11.6 Å². The molecule has 1 fully saturated rings. The van der Waals surface area contributed by atoms with Gasteiger partial charge in [0.25, 0.3) is 0 Å². The normalized spacial score (nSPS) is 18.1. The Morgan fingerprint density at radius 1 is 1.09 bits per heavy atom. The highest BCUT2D eigenvalue weighted by atomic mass is 16.1. The molecule has 9 heteroatoms. The van der Waals surface area contributed by atoms with E-state index in [-0.39, 0.29) is 11.7 Å². The Hall–Kier alpha value is -3.75. The molecule has 9 nitrogen and oxygen atoms in total. The summed E-state index contributed by atoms with van der Waals surface area (Å²) in [6.45, 7) is 2.21. The molecule has 4 aromatic rings. The Labute approximate surface area is 197 Å². The molecule has 1 aromatic carbocycles. The second-order valence-corrected chi connectivity index (χ2v) is 9.03. The van der Waals surface area contributed by atoms with Gasteiger partial charge in [-0.1, -0.05) is 56.9 Å². The standard InChI is InChI=1S/C25H28N8O/c1-2-4-16-5-3-6-19(13-16)23(34)25-27-22(28-29-25)14-17-7-9-18(10-8-17)21-15-26-12-11-20(21)24-30-32-33-31-24/h7-12,15-16,19H,2-6,13-14H2,1H3,(H,27,28,29)(H,30,31,32,33). The lowest BCUT2D eigenvalue weighted by molar-refractivity contribution is 0.0849. The van der Waals surface area contributed by atoms with E-state index in [0.717, 1.165) is 41.5 Å². The second-order valence-electron chi connectivity index (χ2n) is 9.03. The summed E-state index contributed by atoms with van der Waals surface area (Å²) in [5.74, 6) is 2.43. The molecule has 0 amide bonds. The topological polar surface area (TPSA) is 126 Å². The number of carbonyl (C=O) groups is 1. The van der Waals surface area contributed by atoms with Gasteiger partial charge in [0.05, 0.1) is 0 Å². The first kappa shape index (κ1) is 22.1. The van der Waals surface area contributed by atoms with E-state index in [1.54, 1.807) is 12.4 Å². The van der Waals surface area contributed by atoms with Crippen LogP contribution in [0.1, 0.15) is 67.5 Å². The van der Waals surface area contributed by atoms with Crippen molar-refractivity contribution < 1.29 is 4.79 Å². The van der Waals surface area contributed by atoms with Crippen molar-refractivity contribution in [2.24, 2.45) is 11.8 Å². The molecule has 2 N–H and O–H groups in total. The number of aromatic nitrogens is 8. The number of H-pyrrole nitrogens is 2. The number of Topliss-reactive ketones (excluding diaryl/α,β-unsaturated/α-hetero) is 1. The Kier molecular flexibility index (Phi) is 6.51. The molecule has 3 aromatic heterocycles. The van der Waals surface area contributed by atoms with Crippen LogP contribution in [0, 0.1) is 11.8 Å². The van der Waals surface area contributed by atoms with Gasteiger partial charge < -0.3 is 0 Å². The molecule has 2 unspecified atom stereocenters. The van der Waals surface area contributed by atoms with Crippen LogP contribution in [0.25, 0.3) is 22.5 Å². The number of rotatable bonds is 8. The van der Waals surface area contributed by atoms with Crippen molar-refractivity contribution in [3.05, 3.63) is 59.9 Å². The van der Waals surface area contributed by atoms with Crippen molar-refractivity contribution in [1.82, 2.24) is 40.8 Å². The third-order valence-corrected chi connectivity index (χ3v) is 6.66. The molecule has 1 aliphatic rings. The molecule has 5 rings (SSSR count). The summed E-state index contributed by atoms with van der Waals surface area (Å²) in [6, 6.07) is 10.1. The number of benzene rings is 1. The van der Waals surface area contributed by atoms with E-state index in [1.807, 2.05) is 30.3 Å². The number of aromatic amines is 2. The SMILES string of the molecule is CCCC1CCCC(C(=O)c2n[nH]c(Cc3ccc(-c4cnccc4-c4nnn[nH]4)cc3)n2)C1. The average molecular weight is 457 g/mol. The zero-order chi connectivity index (χ0) is 23.3. The Bertz CT molecular complexity index is 1230. The summed E-state index contributed by atoms with van der Waals surface area (Å²) in [5, 5.41) is 21.4. The Morgan fingerprint density at radius 3 is 2.76 bits per heavy atom. The van der Waals surface area contributed by atoms with Gasteiger partial charge in [-0.3, -0.25) is 14.9 Å². The lowest BCUT2D eigenvalue weighted by Crippen LogP contribution is -2.24. The number of hydrogen-bond donors (Lipinski definition) is 2. The molecular formula is C25H28N8O. The third-order valence-electron chi connectivity index (χ3n) is 6.66. The van der Waals surface area contributed by atoms with Crippen LogP contribution >= 0.6 is 0 Å². The van der Waals surface area contributed by atoms with E-state index in [4.69, 9.17) is 0 Å². The lowest BCUT2D eigenvalue weighted by Gasteiger charge is -2.27. The fourth-order valence-corrected chi connectivity index (χ4v) is 4.97. The van der Waals surface area contributed by atoms with Crippen molar-refractivity contribution in [1.29, 1.82) is 0 Å². The smallest absolute Gasteiger partial charge is 0.217 e. The summed E-state index contributed by atoms with van der Waals surface area (Å²) in [6.07, 6.45) is 10.8. The highest BCUT2D eigenvalue weighted by Crippen LogP contribution is 2.33. The van der Waals surface area contributed by atoms with E-state index in [1.165, 1.54) is 19.3 Å². The first-order valence-corrected chi connectivity index (χ1v) is 11.9. The molecule has 0 aliphatic heterocycles. The van der Waals surface area contributed by atoms with Crippen LogP contribution in [0.3, 0.4) is 0 Å². The van der Waals surface area contributed by atoms with Crippen LogP contribution in [0.5, 0.6) is 0 Å². The molecule has 0 radical (unpaired) electrons. The molecule has 0 saturated heterocycles. The monoisotopic (exact) mass is 456 g/mol. The fourth-order valence-electron chi connectivity index (χ4n) is 4.97. The number of hydrogen-bond acceptors (Lipinski definition) is 7. The number of nitrogens with one attached hydrogen (secondary N) is 2. The van der Waals surface area contributed by atoms with E-state index in [9.17, 15) is 4.79 Å². The maximum atomic E-state index is 13.0. The van der Waals surface area contributed by atoms with Crippen molar-refractivity contribution in [2.45, 2.75) is 51.9 Å². The number of tetrazole rings is 1. The van der Waals surface area contributed by atoms with Crippen LogP contribution in [0.15, 0.2) is 42.7 Å². The van der Waals surface area contributed by atoms with E-state index in [2.05, 4.69) is 47.7 Å². The summed E-state index contributed by atoms with van der Waals surface area (Å²) in [7, 11) is 0. The van der Waals surface area contributed by atoms with Gasteiger partial charge in [0.15, 0.2) is 5.82 Å². The number of pyridine rings is 1. The van der Waals surface area contributed by atoms with Crippen molar-refractivity contribution >= 4 is 5.78 Å². The molecule has 3 heterocycles.